The molecule has 0 radical (unpaired) electrons. The summed E-state index contributed by atoms with van der Waals surface area (Å²) in [4.78, 5) is 4.12. The van der Waals surface area contributed by atoms with E-state index in [1.807, 2.05) is 12.1 Å². The Morgan fingerprint density at radius 1 is 1.11 bits per heavy atom. The molecule has 0 saturated carbocycles. The van der Waals surface area contributed by atoms with Gasteiger partial charge in [0, 0.05) is 0 Å². The van der Waals surface area contributed by atoms with Crippen LogP contribution in [0.1, 0.15) is 30.9 Å². The highest BCUT2D eigenvalue weighted by atomic mass is 79.9. The molecule has 0 aliphatic carbocycles. The van der Waals surface area contributed by atoms with Crippen LogP contribution in [0.25, 0.3) is 0 Å². The Kier molecular flexibility index (Phi) is 4.37. The molecule has 0 saturated heterocycles. The Labute approximate surface area is 116 Å². The second-order valence-corrected chi connectivity index (χ2v) is 5.31. The summed E-state index contributed by atoms with van der Waals surface area (Å²) in [7, 11) is 0. The number of hydrogen-bond acceptors (Lipinski definition) is 2. The molecule has 2 aromatic rings. The van der Waals surface area contributed by atoms with Gasteiger partial charge in [-0.3, -0.25) is 0 Å². The van der Waals surface area contributed by atoms with Gasteiger partial charge in [0.25, 0.3) is 0 Å². The van der Waals surface area contributed by atoms with E-state index in [0.29, 0.717) is 12.5 Å². The van der Waals surface area contributed by atoms with Crippen molar-refractivity contribution in [2.24, 2.45) is 0 Å². The Balaban J connectivity index is 1.95. The molecule has 1 aromatic carbocycles. The van der Waals surface area contributed by atoms with E-state index in [1.54, 1.807) is 6.20 Å². The maximum absolute atomic E-state index is 5.66. The summed E-state index contributed by atoms with van der Waals surface area (Å²) in [5, 5.41) is 0. The average Bonchev–Trinajstić information content (AvgIpc) is 2.38. The highest BCUT2D eigenvalue weighted by molar-refractivity contribution is 9.10. The van der Waals surface area contributed by atoms with Gasteiger partial charge < -0.3 is 4.74 Å². The molecule has 0 aliphatic heterocycles. The van der Waals surface area contributed by atoms with Crippen LogP contribution < -0.4 is 4.74 Å². The molecule has 0 amide bonds. The van der Waals surface area contributed by atoms with E-state index in [-0.39, 0.29) is 0 Å². The van der Waals surface area contributed by atoms with E-state index in [4.69, 9.17) is 4.74 Å². The smallest absolute Gasteiger partial charge is 0.138 e. The van der Waals surface area contributed by atoms with E-state index in [0.717, 1.165) is 10.4 Å². The largest absolute Gasteiger partial charge is 0.487 e. The summed E-state index contributed by atoms with van der Waals surface area (Å²) in [6.07, 6.45) is 1.71. The molecular formula is C15H16BrNO. The number of rotatable bonds is 4. The van der Waals surface area contributed by atoms with E-state index in [1.165, 1.54) is 11.1 Å². The first-order chi connectivity index (χ1) is 8.65. The summed E-state index contributed by atoms with van der Waals surface area (Å²) in [6, 6.07) is 12.3. The van der Waals surface area contributed by atoms with Crippen LogP contribution in [0.2, 0.25) is 0 Å². The number of aromatic nitrogens is 1. The van der Waals surface area contributed by atoms with Gasteiger partial charge in [0.15, 0.2) is 0 Å². The third kappa shape index (κ3) is 3.57. The fourth-order valence-corrected chi connectivity index (χ4v) is 1.85. The summed E-state index contributed by atoms with van der Waals surface area (Å²) in [5.74, 6) is 1.35. The predicted octanol–water partition coefficient (Wildman–Crippen LogP) is 4.55. The molecule has 0 spiro atoms. The van der Waals surface area contributed by atoms with E-state index in [2.05, 4.69) is 59.0 Å². The fraction of sp³-hybridized carbons (Fsp3) is 0.267. The minimum atomic E-state index is 0.565. The van der Waals surface area contributed by atoms with Gasteiger partial charge in [-0.25, -0.2) is 4.98 Å². The lowest BCUT2D eigenvalue weighted by Gasteiger charge is -2.08. The molecule has 1 heterocycles. The molecule has 2 nitrogen and oxygen atoms in total. The monoisotopic (exact) mass is 305 g/mol. The van der Waals surface area contributed by atoms with Gasteiger partial charge in [-0.1, -0.05) is 38.1 Å². The normalized spacial score (nSPS) is 10.7. The second kappa shape index (κ2) is 6.01. The van der Waals surface area contributed by atoms with Gasteiger partial charge >= 0.3 is 0 Å². The molecule has 0 fully saturated rings. The first-order valence-electron chi connectivity index (χ1n) is 5.98. The van der Waals surface area contributed by atoms with Gasteiger partial charge in [0.2, 0.25) is 0 Å². The van der Waals surface area contributed by atoms with Gasteiger partial charge in [0.1, 0.15) is 17.0 Å². The highest BCUT2D eigenvalue weighted by Gasteiger charge is 2.00. The van der Waals surface area contributed by atoms with Crippen molar-refractivity contribution in [2.75, 3.05) is 0 Å². The van der Waals surface area contributed by atoms with E-state index >= 15 is 0 Å². The fourth-order valence-electron chi connectivity index (χ4n) is 1.61. The van der Waals surface area contributed by atoms with Crippen molar-refractivity contribution in [1.29, 1.82) is 0 Å². The number of nitrogens with zero attached hydrogens (tertiary/aromatic N) is 1. The van der Waals surface area contributed by atoms with Crippen molar-refractivity contribution in [3.8, 4) is 5.75 Å². The molecule has 2 rings (SSSR count). The van der Waals surface area contributed by atoms with Gasteiger partial charge in [-0.05, 0) is 45.1 Å². The molecule has 1 aromatic heterocycles. The molecule has 0 N–H and O–H groups in total. The van der Waals surface area contributed by atoms with Crippen LogP contribution in [-0.4, -0.2) is 4.98 Å². The standard InChI is InChI=1S/C15H16BrNO/c1-11(2)13-5-3-12(4-6-13)10-18-14-7-8-15(16)17-9-14/h3-9,11H,10H2,1-2H3. The van der Waals surface area contributed by atoms with E-state index in [9.17, 15) is 0 Å². The second-order valence-electron chi connectivity index (χ2n) is 4.50. The Hall–Kier alpha value is -1.35. The molecule has 0 bridgehead atoms. The lowest BCUT2D eigenvalue weighted by atomic mass is 10.0. The Morgan fingerprint density at radius 3 is 2.39 bits per heavy atom. The topological polar surface area (TPSA) is 22.1 Å². The molecule has 0 unspecified atom stereocenters. The van der Waals surface area contributed by atoms with E-state index < -0.39 is 0 Å². The van der Waals surface area contributed by atoms with Crippen molar-refractivity contribution < 1.29 is 4.74 Å². The molecule has 0 atom stereocenters. The van der Waals surface area contributed by atoms with Gasteiger partial charge in [-0.15, -0.1) is 0 Å². The molecule has 94 valence electrons. The summed E-state index contributed by atoms with van der Waals surface area (Å²) >= 11 is 3.30. The molecular weight excluding hydrogens is 290 g/mol. The minimum Gasteiger partial charge on any atom is -0.487 e. The number of pyridine rings is 1. The van der Waals surface area contributed by atoms with Crippen LogP contribution in [0.4, 0.5) is 0 Å². The third-order valence-electron chi connectivity index (χ3n) is 2.75. The minimum absolute atomic E-state index is 0.565. The van der Waals surface area contributed by atoms with Crippen LogP contribution in [0.15, 0.2) is 47.2 Å². The SMILES string of the molecule is CC(C)c1ccc(COc2ccc(Br)nc2)cc1. The van der Waals surface area contributed by atoms with Crippen molar-refractivity contribution in [3.05, 3.63) is 58.3 Å². The van der Waals surface area contributed by atoms with Crippen LogP contribution in [0, 0.1) is 0 Å². The lowest BCUT2D eigenvalue weighted by Crippen LogP contribution is -1.96. The zero-order chi connectivity index (χ0) is 13.0. The Bertz CT molecular complexity index is 491. The summed E-state index contributed by atoms with van der Waals surface area (Å²) in [5.41, 5.74) is 2.52. The molecule has 0 aliphatic rings. The number of ether oxygens (including phenoxy) is 1. The van der Waals surface area contributed by atoms with Gasteiger partial charge in [-0.2, -0.15) is 0 Å². The summed E-state index contributed by atoms with van der Waals surface area (Å²) < 4.78 is 6.48. The van der Waals surface area contributed by atoms with Crippen molar-refractivity contribution in [2.45, 2.75) is 26.4 Å². The zero-order valence-corrected chi connectivity index (χ0v) is 12.1. The lowest BCUT2D eigenvalue weighted by molar-refractivity contribution is 0.305. The van der Waals surface area contributed by atoms with Crippen LogP contribution in [-0.2, 0) is 6.61 Å². The van der Waals surface area contributed by atoms with Gasteiger partial charge in [0.05, 0.1) is 6.20 Å². The van der Waals surface area contributed by atoms with Crippen LogP contribution in [0.5, 0.6) is 5.75 Å². The Morgan fingerprint density at radius 2 is 1.83 bits per heavy atom. The maximum Gasteiger partial charge on any atom is 0.138 e. The third-order valence-corrected chi connectivity index (χ3v) is 3.22. The molecule has 3 heteroatoms. The van der Waals surface area contributed by atoms with Crippen LogP contribution >= 0.6 is 15.9 Å². The first-order valence-corrected chi connectivity index (χ1v) is 6.77. The predicted molar refractivity (Wildman–Crippen MR) is 76.8 cm³/mol. The average molecular weight is 306 g/mol. The first kappa shape index (κ1) is 13.1. The van der Waals surface area contributed by atoms with Crippen molar-refractivity contribution in [1.82, 2.24) is 4.98 Å². The maximum atomic E-state index is 5.66. The highest BCUT2D eigenvalue weighted by Crippen LogP contribution is 2.17. The van der Waals surface area contributed by atoms with Crippen molar-refractivity contribution in [3.63, 3.8) is 0 Å². The number of benzene rings is 1. The number of hydrogen-bond donors (Lipinski definition) is 0. The van der Waals surface area contributed by atoms with Crippen molar-refractivity contribution >= 4 is 15.9 Å². The van der Waals surface area contributed by atoms with Crippen LogP contribution in [0.3, 0.4) is 0 Å². The molecule has 18 heavy (non-hydrogen) atoms. The number of halogens is 1. The quantitative estimate of drug-likeness (QED) is 0.773. The summed E-state index contributed by atoms with van der Waals surface area (Å²) in [6.45, 7) is 4.96. The zero-order valence-electron chi connectivity index (χ0n) is 10.6.